The number of methoxy groups -OCH3 is 2. The molecule has 0 aliphatic carbocycles. The number of anilines is 1. The SMILES string of the molecule is C=CCN(C(=O)c1ccc(OC)c(OC)c1)C1CC(=O)N(c2ccc(Cl)cc2)C1=O. The minimum Gasteiger partial charge on any atom is -0.493 e. The van der Waals surface area contributed by atoms with E-state index in [-0.39, 0.29) is 18.9 Å². The fourth-order valence-corrected chi connectivity index (χ4v) is 3.47. The molecule has 0 saturated carbocycles. The number of halogens is 1. The number of carbonyl (C=O) groups excluding carboxylic acids is 3. The molecule has 7 nitrogen and oxygen atoms in total. The predicted molar refractivity (Wildman–Crippen MR) is 113 cm³/mol. The first-order chi connectivity index (χ1) is 14.4. The molecule has 1 fully saturated rings. The zero-order chi connectivity index (χ0) is 21.8. The first kappa shape index (κ1) is 21.4. The Morgan fingerprint density at radius 2 is 1.83 bits per heavy atom. The van der Waals surface area contributed by atoms with E-state index in [2.05, 4.69) is 6.58 Å². The van der Waals surface area contributed by atoms with Gasteiger partial charge in [0.15, 0.2) is 11.5 Å². The van der Waals surface area contributed by atoms with Crippen LogP contribution in [0.1, 0.15) is 16.8 Å². The van der Waals surface area contributed by atoms with E-state index in [1.807, 2.05) is 0 Å². The van der Waals surface area contributed by atoms with Crippen molar-refractivity contribution in [3.05, 3.63) is 65.7 Å². The molecular weight excluding hydrogens is 408 g/mol. The quantitative estimate of drug-likeness (QED) is 0.499. The third-order valence-corrected chi connectivity index (χ3v) is 5.05. The van der Waals surface area contributed by atoms with Gasteiger partial charge in [0, 0.05) is 17.1 Å². The van der Waals surface area contributed by atoms with E-state index in [1.54, 1.807) is 36.4 Å². The van der Waals surface area contributed by atoms with Crippen molar-refractivity contribution in [2.75, 3.05) is 25.7 Å². The highest BCUT2D eigenvalue weighted by Crippen LogP contribution is 2.30. The molecule has 0 radical (unpaired) electrons. The Balaban J connectivity index is 1.91. The molecular formula is C22H21ClN2O5. The number of benzene rings is 2. The van der Waals surface area contributed by atoms with Crippen molar-refractivity contribution in [3.8, 4) is 11.5 Å². The standard InChI is InChI=1S/C22H21ClN2O5/c1-4-11-24(21(27)14-5-10-18(29-2)19(12-14)30-3)17-13-20(26)25(22(17)28)16-8-6-15(23)7-9-16/h4-10,12,17H,1,11,13H2,2-3H3. The van der Waals surface area contributed by atoms with E-state index in [4.69, 9.17) is 21.1 Å². The smallest absolute Gasteiger partial charge is 0.257 e. The van der Waals surface area contributed by atoms with Crippen LogP contribution < -0.4 is 14.4 Å². The zero-order valence-electron chi connectivity index (χ0n) is 16.6. The number of imide groups is 1. The largest absolute Gasteiger partial charge is 0.493 e. The molecule has 1 aliphatic heterocycles. The fraction of sp³-hybridized carbons (Fsp3) is 0.227. The Kier molecular flexibility index (Phi) is 6.42. The van der Waals surface area contributed by atoms with Crippen molar-refractivity contribution in [1.29, 1.82) is 0 Å². The van der Waals surface area contributed by atoms with Crippen molar-refractivity contribution in [2.24, 2.45) is 0 Å². The van der Waals surface area contributed by atoms with Crippen LogP contribution in [0.15, 0.2) is 55.1 Å². The molecule has 0 aromatic heterocycles. The number of hydrogen-bond donors (Lipinski definition) is 0. The summed E-state index contributed by atoms with van der Waals surface area (Å²) >= 11 is 5.90. The van der Waals surface area contributed by atoms with Gasteiger partial charge in [0.2, 0.25) is 5.91 Å². The fourth-order valence-electron chi connectivity index (χ4n) is 3.35. The van der Waals surface area contributed by atoms with Crippen LogP contribution in [-0.4, -0.2) is 49.4 Å². The average molecular weight is 429 g/mol. The highest BCUT2D eigenvalue weighted by atomic mass is 35.5. The summed E-state index contributed by atoms with van der Waals surface area (Å²) in [5, 5.41) is 0.492. The Bertz CT molecular complexity index is 990. The second-order valence-corrected chi connectivity index (χ2v) is 7.02. The average Bonchev–Trinajstić information content (AvgIpc) is 3.05. The lowest BCUT2D eigenvalue weighted by Gasteiger charge is -2.26. The number of nitrogens with zero attached hydrogens (tertiary/aromatic N) is 2. The molecule has 0 N–H and O–H groups in total. The summed E-state index contributed by atoms with van der Waals surface area (Å²) in [6.45, 7) is 3.78. The van der Waals surface area contributed by atoms with Crippen molar-refractivity contribution in [3.63, 3.8) is 0 Å². The minimum absolute atomic E-state index is 0.103. The van der Waals surface area contributed by atoms with Crippen molar-refractivity contribution in [2.45, 2.75) is 12.5 Å². The number of amides is 3. The summed E-state index contributed by atoms with van der Waals surface area (Å²) < 4.78 is 10.5. The third-order valence-electron chi connectivity index (χ3n) is 4.80. The van der Waals surface area contributed by atoms with Gasteiger partial charge in [-0.05, 0) is 42.5 Å². The van der Waals surface area contributed by atoms with Crippen LogP contribution in [0.5, 0.6) is 11.5 Å². The van der Waals surface area contributed by atoms with E-state index in [1.165, 1.54) is 31.3 Å². The first-order valence-corrected chi connectivity index (χ1v) is 9.55. The van der Waals surface area contributed by atoms with Crippen LogP contribution in [0.4, 0.5) is 5.69 Å². The Hall–Kier alpha value is -3.32. The molecule has 0 bridgehead atoms. The van der Waals surface area contributed by atoms with Gasteiger partial charge < -0.3 is 14.4 Å². The zero-order valence-corrected chi connectivity index (χ0v) is 17.4. The van der Waals surface area contributed by atoms with Crippen LogP contribution in [-0.2, 0) is 9.59 Å². The lowest BCUT2D eigenvalue weighted by molar-refractivity contribution is -0.122. The van der Waals surface area contributed by atoms with Crippen LogP contribution in [0.25, 0.3) is 0 Å². The summed E-state index contributed by atoms with van der Waals surface area (Å²) in [6.07, 6.45) is 1.40. The van der Waals surface area contributed by atoms with Gasteiger partial charge in [-0.3, -0.25) is 14.4 Å². The lowest BCUT2D eigenvalue weighted by atomic mass is 10.1. The van der Waals surface area contributed by atoms with Crippen LogP contribution in [0.2, 0.25) is 5.02 Å². The van der Waals surface area contributed by atoms with E-state index in [0.717, 1.165) is 4.90 Å². The number of rotatable bonds is 7. The maximum Gasteiger partial charge on any atom is 0.257 e. The molecule has 0 spiro atoms. The van der Waals surface area contributed by atoms with E-state index in [9.17, 15) is 14.4 Å². The predicted octanol–water partition coefficient (Wildman–Crippen LogP) is 3.32. The van der Waals surface area contributed by atoms with Gasteiger partial charge in [0.05, 0.1) is 26.3 Å². The highest BCUT2D eigenvalue weighted by Gasteiger charge is 2.44. The Morgan fingerprint density at radius 3 is 2.43 bits per heavy atom. The van der Waals surface area contributed by atoms with E-state index < -0.39 is 17.9 Å². The molecule has 2 aromatic carbocycles. The Morgan fingerprint density at radius 1 is 1.17 bits per heavy atom. The molecule has 1 saturated heterocycles. The van der Waals surface area contributed by atoms with Gasteiger partial charge in [-0.2, -0.15) is 0 Å². The molecule has 2 aromatic rings. The monoisotopic (exact) mass is 428 g/mol. The maximum absolute atomic E-state index is 13.2. The molecule has 8 heteroatoms. The van der Waals surface area contributed by atoms with Crippen molar-refractivity contribution in [1.82, 2.24) is 4.90 Å². The summed E-state index contributed by atoms with van der Waals surface area (Å²) in [5.41, 5.74) is 0.716. The number of ether oxygens (including phenoxy) is 2. The second kappa shape index (κ2) is 9.00. The number of hydrogen-bond acceptors (Lipinski definition) is 5. The molecule has 1 aliphatic rings. The molecule has 1 atom stereocenters. The van der Waals surface area contributed by atoms with Gasteiger partial charge in [0.1, 0.15) is 6.04 Å². The van der Waals surface area contributed by atoms with Gasteiger partial charge in [-0.15, -0.1) is 6.58 Å². The lowest BCUT2D eigenvalue weighted by Crippen LogP contribution is -2.45. The highest BCUT2D eigenvalue weighted by molar-refractivity contribution is 6.31. The number of carbonyl (C=O) groups is 3. The van der Waals surface area contributed by atoms with Crippen molar-refractivity contribution < 1.29 is 23.9 Å². The normalized spacial score (nSPS) is 15.8. The van der Waals surface area contributed by atoms with Crippen LogP contribution >= 0.6 is 11.6 Å². The van der Waals surface area contributed by atoms with E-state index >= 15 is 0 Å². The topological polar surface area (TPSA) is 76.2 Å². The van der Waals surface area contributed by atoms with Gasteiger partial charge in [-0.1, -0.05) is 17.7 Å². The maximum atomic E-state index is 13.2. The second-order valence-electron chi connectivity index (χ2n) is 6.58. The van der Waals surface area contributed by atoms with Crippen LogP contribution in [0.3, 0.4) is 0 Å². The van der Waals surface area contributed by atoms with Gasteiger partial charge in [0.25, 0.3) is 11.8 Å². The van der Waals surface area contributed by atoms with E-state index in [0.29, 0.717) is 27.8 Å². The first-order valence-electron chi connectivity index (χ1n) is 9.17. The van der Waals surface area contributed by atoms with Gasteiger partial charge in [-0.25, -0.2) is 4.90 Å². The molecule has 1 heterocycles. The van der Waals surface area contributed by atoms with Crippen molar-refractivity contribution >= 4 is 35.0 Å². The molecule has 3 rings (SSSR count). The molecule has 156 valence electrons. The summed E-state index contributed by atoms with van der Waals surface area (Å²) in [5.74, 6) is -0.414. The Labute approximate surface area is 179 Å². The van der Waals surface area contributed by atoms with Crippen LogP contribution in [0, 0.1) is 0 Å². The summed E-state index contributed by atoms with van der Waals surface area (Å²) in [6, 6.07) is 10.2. The van der Waals surface area contributed by atoms with Gasteiger partial charge >= 0.3 is 0 Å². The molecule has 30 heavy (non-hydrogen) atoms. The third kappa shape index (κ3) is 4.02. The molecule has 1 unspecified atom stereocenters. The minimum atomic E-state index is -0.938. The summed E-state index contributed by atoms with van der Waals surface area (Å²) in [4.78, 5) is 41.3. The summed E-state index contributed by atoms with van der Waals surface area (Å²) in [7, 11) is 2.97. The molecule has 3 amide bonds.